The lowest BCUT2D eigenvalue weighted by atomic mass is 9.86. The van der Waals surface area contributed by atoms with Gasteiger partial charge in [-0.05, 0) is 56.0 Å². The highest BCUT2D eigenvalue weighted by Crippen LogP contribution is 2.34. The Kier molecular flexibility index (Phi) is 6.93. The summed E-state index contributed by atoms with van der Waals surface area (Å²) >= 11 is 0. The van der Waals surface area contributed by atoms with Gasteiger partial charge in [0, 0.05) is 6.07 Å². The first-order valence-electron chi connectivity index (χ1n) is 11.3. The van der Waals surface area contributed by atoms with E-state index in [1.54, 1.807) is 0 Å². The largest absolute Gasteiger partial charge is 0.490 e. The van der Waals surface area contributed by atoms with E-state index in [0.717, 1.165) is 12.8 Å². The lowest BCUT2D eigenvalue weighted by Crippen LogP contribution is -2.25. The molecule has 1 unspecified atom stereocenters. The molecular formula is C26H25N3O5. The Morgan fingerprint density at radius 3 is 2.68 bits per heavy atom. The number of aromatic nitrogens is 1. The number of carbonyl (C=O) groups is 2. The van der Waals surface area contributed by atoms with Crippen LogP contribution in [0.2, 0.25) is 0 Å². The van der Waals surface area contributed by atoms with Crippen molar-refractivity contribution >= 4 is 17.6 Å². The van der Waals surface area contributed by atoms with E-state index in [1.807, 2.05) is 30.3 Å². The molecule has 1 fully saturated rings. The maximum absolute atomic E-state index is 12.7. The summed E-state index contributed by atoms with van der Waals surface area (Å²) in [5.74, 6) is -0.352. The summed E-state index contributed by atoms with van der Waals surface area (Å²) < 4.78 is 11.7. The molecular weight excluding hydrogens is 434 g/mol. The minimum absolute atomic E-state index is 0.00849. The van der Waals surface area contributed by atoms with Crippen molar-refractivity contribution in [2.24, 2.45) is 5.92 Å². The normalized spacial score (nSPS) is 14.7. The average molecular weight is 460 g/mol. The predicted molar refractivity (Wildman–Crippen MR) is 125 cm³/mol. The third kappa shape index (κ3) is 5.09. The van der Waals surface area contributed by atoms with Crippen molar-refractivity contribution in [2.75, 3.05) is 5.32 Å². The van der Waals surface area contributed by atoms with Crippen LogP contribution in [-0.4, -0.2) is 28.2 Å². The summed E-state index contributed by atoms with van der Waals surface area (Å²) in [6.45, 7) is 2.09. The summed E-state index contributed by atoms with van der Waals surface area (Å²) in [6.07, 6.45) is 6.09. The number of nitrogens with zero attached hydrogens (tertiary/aromatic N) is 2. The number of benzene rings is 2. The van der Waals surface area contributed by atoms with Crippen LogP contribution in [0.3, 0.4) is 0 Å². The Labute approximate surface area is 197 Å². The van der Waals surface area contributed by atoms with E-state index in [0.29, 0.717) is 23.0 Å². The number of aromatic carboxylic acids is 1. The van der Waals surface area contributed by atoms with Crippen LogP contribution in [0.5, 0.6) is 5.75 Å². The molecule has 2 aromatic carbocycles. The molecule has 0 radical (unpaired) electrons. The number of amides is 1. The van der Waals surface area contributed by atoms with Crippen LogP contribution in [-0.2, 0) is 0 Å². The molecule has 4 rings (SSSR count). The van der Waals surface area contributed by atoms with Crippen molar-refractivity contribution in [3.05, 3.63) is 65.4 Å². The third-order valence-corrected chi connectivity index (χ3v) is 6.15. The van der Waals surface area contributed by atoms with Gasteiger partial charge in [0.1, 0.15) is 5.75 Å². The van der Waals surface area contributed by atoms with Crippen molar-refractivity contribution in [1.82, 2.24) is 5.16 Å². The molecule has 1 saturated carbocycles. The van der Waals surface area contributed by atoms with Crippen LogP contribution >= 0.6 is 0 Å². The number of para-hydroxylation sites is 1. The summed E-state index contributed by atoms with van der Waals surface area (Å²) in [5, 5.41) is 24.8. The second kappa shape index (κ2) is 10.2. The van der Waals surface area contributed by atoms with Crippen molar-refractivity contribution in [3.63, 3.8) is 0 Å². The van der Waals surface area contributed by atoms with Crippen LogP contribution in [0.4, 0.5) is 5.69 Å². The van der Waals surface area contributed by atoms with Gasteiger partial charge in [0.25, 0.3) is 5.91 Å². The number of carboxylic acid groups (broad SMARTS) is 1. The Morgan fingerprint density at radius 2 is 1.94 bits per heavy atom. The number of anilines is 1. The van der Waals surface area contributed by atoms with Gasteiger partial charge in [-0.15, -0.1) is 0 Å². The molecule has 8 heteroatoms. The average Bonchev–Trinajstić information content (AvgIpc) is 3.35. The maximum Gasteiger partial charge on any atom is 0.337 e. The van der Waals surface area contributed by atoms with Gasteiger partial charge >= 0.3 is 5.97 Å². The van der Waals surface area contributed by atoms with E-state index in [1.165, 1.54) is 43.5 Å². The van der Waals surface area contributed by atoms with E-state index in [2.05, 4.69) is 17.4 Å². The Hall–Kier alpha value is -4.12. The topological polar surface area (TPSA) is 125 Å². The molecule has 0 saturated heterocycles. The molecule has 2 N–H and O–H groups in total. The van der Waals surface area contributed by atoms with Gasteiger partial charge in [0.2, 0.25) is 0 Å². The molecule has 1 amide bonds. The number of nitrogens with one attached hydrogen (secondary N) is 1. The molecule has 8 nitrogen and oxygen atoms in total. The highest BCUT2D eigenvalue weighted by Gasteiger charge is 2.24. The molecule has 1 atom stereocenters. The second-order valence-corrected chi connectivity index (χ2v) is 8.43. The molecule has 0 spiro atoms. The molecule has 0 aliphatic heterocycles. The SMILES string of the molecule is CC(Oc1ccccc1-c1cc(C(=O)Nc2ccc(C#N)cc2C(=O)O)no1)C1CCCCC1. The monoisotopic (exact) mass is 459 g/mol. The lowest BCUT2D eigenvalue weighted by Gasteiger charge is -2.28. The first kappa shape index (κ1) is 23.1. The predicted octanol–water partition coefficient (Wildman–Crippen LogP) is 5.51. The fourth-order valence-electron chi connectivity index (χ4n) is 4.27. The zero-order valence-corrected chi connectivity index (χ0v) is 18.8. The Bertz CT molecular complexity index is 1240. The number of hydrogen-bond acceptors (Lipinski definition) is 6. The molecule has 1 aliphatic carbocycles. The fourth-order valence-corrected chi connectivity index (χ4v) is 4.27. The standard InChI is InChI=1S/C26H25N3O5/c1-16(18-7-3-2-4-8-18)33-23-10-6-5-9-19(23)24-14-22(29-34-24)25(30)28-21-12-11-17(15-27)13-20(21)26(31)32/h5-6,9-14,16,18H,2-4,7-8H2,1H3,(H,28,30)(H,31,32). The maximum atomic E-state index is 12.7. The number of rotatable bonds is 7. The lowest BCUT2D eigenvalue weighted by molar-refractivity contribution is 0.0698. The van der Waals surface area contributed by atoms with Crippen LogP contribution in [0.25, 0.3) is 11.3 Å². The van der Waals surface area contributed by atoms with Gasteiger partial charge in [0.05, 0.1) is 34.6 Å². The van der Waals surface area contributed by atoms with E-state index in [9.17, 15) is 14.7 Å². The number of ether oxygens (including phenoxy) is 1. The number of carboxylic acids is 1. The van der Waals surface area contributed by atoms with Gasteiger partial charge in [-0.1, -0.05) is 36.6 Å². The van der Waals surface area contributed by atoms with Crippen LogP contribution in [0.15, 0.2) is 53.1 Å². The molecule has 1 heterocycles. The summed E-state index contributed by atoms with van der Waals surface area (Å²) in [6, 6.07) is 14.8. The molecule has 1 aromatic heterocycles. The van der Waals surface area contributed by atoms with E-state index < -0.39 is 11.9 Å². The molecule has 0 bridgehead atoms. The van der Waals surface area contributed by atoms with Crippen molar-refractivity contribution in [2.45, 2.75) is 45.1 Å². The molecule has 1 aliphatic rings. The smallest absolute Gasteiger partial charge is 0.337 e. The molecule has 174 valence electrons. The van der Waals surface area contributed by atoms with E-state index in [4.69, 9.17) is 14.5 Å². The Morgan fingerprint density at radius 1 is 1.18 bits per heavy atom. The highest BCUT2D eigenvalue weighted by atomic mass is 16.5. The van der Waals surface area contributed by atoms with Gasteiger partial charge < -0.3 is 19.7 Å². The first-order chi connectivity index (χ1) is 16.5. The van der Waals surface area contributed by atoms with Gasteiger partial charge in [-0.2, -0.15) is 5.26 Å². The number of carbonyl (C=O) groups excluding carboxylic acids is 1. The quantitative estimate of drug-likeness (QED) is 0.477. The zero-order valence-electron chi connectivity index (χ0n) is 18.8. The summed E-state index contributed by atoms with van der Waals surface area (Å²) in [7, 11) is 0. The number of hydrogen-bond donors (Lipinski definition) is 2. The fraction of sp³-hybridized carbons (Fsp3) is 0.308. The van der Waals surface area contributed by atoms with Crippen molar-refractivity contribution in [3.8, 4) is 23.1 Å². The third-order valence-electron chi connectivity index (χ3n) is 6.15. The zero-order chi connectivity index (χ0) is 24.1. The van der Waals surface area contributed by atoms with E-state index in [-0.39, 0.29) is 28.6 Å². The van der Waals surface area contributed by atoms with Crippen LogP contribution in [0, 0.1) is 17.2 Å². The number of nitriles is 1. The minimum Gasteiger partial charge on any atom is -0.490 e. The van der Waals surface area contributed by atoms with Crippen molar-refractivity contribution < 1.29 is 24.0 Å². The van der Waals surface area contributed by atoms with Crippen molar-refractivity contribution in [1.29, 1.82) is 5.26 Å². The minimum atomic E-state index is -1.26. The van der Waals surface area contributed by atoms with Gasteiger partial charge in [-0.25, -0.2) is 4.79 Å². The van der Waals surface area contributed by atoms with Crippen LogP contribution < -0.4 is 10.1 Å². The summed E-state index contributed by atoms with van der Waals surface area (Å²) in [5.41, 5.74) is 0.725. The first-order valence-corrected chi connectivity index (χ1v) is 11.3. The molecule has 34 heavy (non-hydrogen) atoms. The van der Waals surface area contributed by atoms with Crippen LogP contribution in [0.1, 0.15) is 65.4 Å². The Balaban J connectivity index is 1.52. The molecule has 3 aromatic rings. The van der Waals surface area contributed by atoms with Gasteiger partial charge in [0.15, 0.2) is 11.5 Å². The van der Waals surface area contributed by atoms with E-state index >= 15 is 0 Å². The second-order valence-electron chi connectivity index (χ2n) is 8.43. The van der Waals surface area contributed by atoms with Gasteiger partial charge in [-0.3, -0.25) is 4.79 Å². The summed E-state index contributed by atoms with van der Waals surface area (Å²) in [4.78, 5) is 24.3. The highest BCUT2D eigenvalue weighted by molar-refractivity contribution is 6.07.